The van der Waals surface area contributed by atoms with E-state index in [-0.39, 0.29) is 0 Å². The first-order valence-electron chi connectivity index (χ1n) is 10.9. The van der Waals surface area contributed by atoms with Crippen molar-refractivity contribution < 1.29 is 5.11 Å². The lowest BCUT2D eigenvalue weighted by atomic mass is 9.96. The largest absolute Gasteiger partial charge is 0.386 e. The van der Waals surface area contributed by atoms with Gasteiger partial charge >= 0.3 is 0 Å². The second-order valence-corrected chi connectivity index (χ2v) is 8.57. The van der Waals surface area contributed by atoms with Crippen LogP contribution in [0.3, 0.4) is 0 Å². The fraction of sp³-hybridized carbons (Fsp3) is 0.103. The molecule has 1 heterocycles. The Balaban J connectivity index is 1.56. The fourth-order valence-electron chi connectivity index (χ4n) is 4.21. The first-order valence-corrected chi connectivity index (χ1v) is 10.9. The maximum atomic E-state index is 10.6. The average molecular weight is 419 g/mol. The van der Waals surface area contributed by atoms with Crippen LogP contribution in [0.15, 0.2) is 109 Å². The highest BCUT2D eigenvalue weighted by Crippen LogP contribution is 2.35. The van der Waals surface area contributed by atoms with Gasteiger partial charge in [-0.3, -0.25) is 0 Å². The smallest absolute Gasteiger partial charge is 0.0860 e. The van der Waals surface area contributed by atoms with Gasteiger partial charge in [-0.2, -0.15) is 0 Å². The number of benzene rings is 4. The van der Waals surface area contributed by atoms with Crippen LogP contribution in [-0.4, -0.2) is 9.67 Å². The van der Waals surface area contributed by atoms with Crippen molar-refractivity contribution in [2.24, 2.45) is 0 Å². The van der Waals surface area contributed by atoms with Crippen LogP contribution in [0.2, 0.25) is 0 Å². The van der Waals surface area contributed by atoms with Gasteiger partial charge < -0.3 is 15.0 Å². The quantitative estimate of drug-likeness (QED) is 0.315. The summed E-state index contributed by atoms with van der Waals surface area (Å²) in [6.07, 6.45) is 2.13. The van der Waals surface area contributed by atoms with E-state index < -0.39 is 5.60 Å². The van der Waals surface area contributed by atoms with Crippen molar-refractivity contribution >= 4 is 22.3 Å². The molecule has 5 rings (SSSR count). The topological polar surface area (TPSA) is 37.2 Å². The lowest BCUT2D eigenvalue weighted by Crippen LogP contribution is -2.17. The number of para-hydroxylation sites is 2. The molecule has 0 saturated heterocycles. The van der Waals surface area contributed by atoms with Crippen LogP contribution in [0.25, 0.3) is 27.7 Å². The number of fused-ring (bicyclic) bond motifs is 1. The van der Waals surface area contributed by atoms with E-state index in [0.29, 0.717) is 0 Å². The first kappa shape index (κ1) is 20.1. The number of hydrogen-bond donors (Lipinski definition) is 2. The van der Waals surface area contributed by atoms with Gasteiger partial charge in [0.2, 0.25) is 0 Å². The van der Waals surface area contributed by atoms with Crippen molar-refractivity contribution in [3.05, 3.63) is 115 Å². The summed E-state index contributed by atoms with van der Waals surface area (Å²) in [5.74, 6) is 0. The van der Waals surface area contributed by atoms with Crippen LogP contribution in [0.4, 0.5) is 11.4 Å². The maximum absolute atomic E-state index is 10.6. The van der Waals surface area contributed by atoms with Crippen molar-refractivity contribution in [1.29, 1.82) is 0 Å². The lowest BCUT2D eigenvalue weighted by molar-refractivity contribution is 0.0794. The molecule has 0 aliphatic carbocycles. The average Bonchev–Trinajstić information content (AvgIpc) is 3.18. The van der Waals surface area contributed by atoms with Crippen LogP contribution in [-0.2, 0) is 5.60 Å². The van der Waals surface area contributed by atoms with Gasteiger partial charge in [0.05, 0.1) is 16.8 Å². The van der Waals surface area contributed by atoms with Gasteiger partial charge in [-0.1, -0.05) is 78.9 Å². The molecule has 0 aliphatic rings. The Morgan fingerprint density at radius 3 is 2.03 bits per heavy atom. The van der Waals surface area contributed by atoms with Gasteiger partial charge in [-0.15, -0.1) is 0 Å². The van der Waals surface area contributed by atoms with Gasteiger partial charge in [0.15, 0.2) is 0 Å². The Labute approximate surface area is 188 Å². The summed E-state index contributed by atoms with van der Waals surface area (Å²) in [5, 5.41) is 15.3. The third-order valence-corrected chi connectivity index (χ3v) is 5.82. The van der Waals surface area contributed by atoms with Crippen molar-refractivity contribution in [3.8, 4) is 16.8 Å². The SMILES string of the molecule is CC(C)(O)c1ccccc1Nc1cn(-c2ccc(-c3ccccc3)cc2)c2ccccc12. The number of anilines is 2. The second kappa shape index (κ2) is 8.03. The third-order valence-electron chi connectivity index (χ3n) is 5.82. The van der Waals surface area contributed by atoms with Gasteiger partial charge in [0.25, 0.3) is 0 Å². The molecule has 0 aliphatic heterocycles. The minimum absolute atomic E-state index is 0.865. The highest BCUT2D eigenvalue weighted by atomic mass is 16.3. The lowest BCUT2D eigenvalue weighted by Gasteiger charge is -2.22. The van der Waals surface area contributed by atoms with Crippen LogP contribution < -0.4 is 5.32 Å². The van der Waals surface area contributed by atoms with Gasteiger partial charge in [-0.05, 0) is 49.2 Å². The molecule has 5 aromatic rings. The normalized spacial score (nSPS) is 11.6. The number of aliphatic hydroxyl groups is 1. The molecular formula is C29H26N2O. The molecule has 3 heteroatoms. The predicted octanol–water partition coefficient (Wildman–Crippen LogP) is 7.27. The molecule has 0 fully saturated rings. The van der Waals surface area contributed by atoms with E-state index in [4.69, 9.17) is 0 Å². The maximum Gasteiger partial charge on any atom is 0.0860 e. The van der Waals surface area contributed by atoms with Crippen molar-refractivity contribution in [2.75, 3.05) is 5.32 Å². The van der Waals surface area contributed by atoms with E-state index in [1.165, 1.54) is 11.1 Å². The number of nitrogens with one attached hydrogen (secondary N) is 1. The molecule has 0 spiro atoms. The van der Waals surface area contributed by atoms with Gasteiger partial charge in [0, 0.05) is 28.5 Å². The minimum atomic E-state index is -0.935. The zero-order valence-electron chi connectivity index (χ0n) is 18.3. The zero-order chi connectivity index (χ0) is 22.1. The van der Waals surface area contributed by atoms with E-state index in [9.17, 15) is 5.11 Å². The molecule has 0 amide bonds. The zero-order valence-corrected chi connectivity index (χ0v) is 18.3. The van der Waals surface area contributed by atoms with Crippen LogP contribution in [0, 0.1) is 0 Å². The molecule has 1 aromatic heterocycles. The monoisotopic (exact) mass is 418 g/mol. The summed E-state index contributed by atoms with van der Waals surface area (Å²) in [7, 11) is 0. The standard InChI is InChI=1S/C29H26N2O/c1-29(2,32)25-13-7-8-14-26(25)30-27-20-31(28-15-9-6-12-24(27)28)23-18-16-22(17-19-23)21-10-4-3-5-11-21/h3-20,30,32H,1-2H3. The molecule has 2 N–H and O–H groups in total. The molecule has 0 atom stereocenters. The number of nitrogens with zero attached hydrogens (tertiary/aromatic N) is 1. The predicted molar refractivity (Wildman–Crippen MR) is 134 cm³/mol. The summed E-state index contributed by atoms with van der Waals surface area (Å²) in [6.45, 7) is 3.62. The Hall–Kier alpha value is -3.82. The third kappa shape index (κ3) is 3.79. The fourth-order valence-corrected chi connectivity index (χ4v) is 4.21. The summed E-state index contributed by atoms with van der Waals surface area (Å²) < 4.78 is 2.21. The molecular weight excluding hydrogens is 392 g/mol. The van der Waals surface area contributed by atoms with Crippen molar-refractivity contribution in [2.45, 2.75) is 19.4 Å². The van der Waals surface area contributed by atoms with E-state index in [2.05, 4.69) is 88.9 Å². The molecule has 0 saturated carbocycles. The molecule has 0 bridgehead atoms. The Bertz CT molecular complexity index is 1360. The van der Waals surface area contributed by atoms with Crippen molar-refractivity contribution in [3.63, 3.8) is 0 Å². The number of hydrogen-bond acceptors (Lipinski definition) is 2. The first-order chi connectivity index (χ1) is 15.5. The van der Waals surface area contributed by atoms with Crippen molar-refractivity contribution in [1.82, 2.24) is 4.57 Å². The molecule has 0 unspecified atom stereocenters. The van der Waals surface area contributed by atoms with Gasteiger partial charge in [-0.25, -0.2) is 0 Å². The van der Waals surface area contributed by atoms with E-state index in [1.54, 1.807) is 0 Å². The van der Waals surface area contributed by atoms with E-state index in [0.717, 1.165) is 33.5 Å². The molecule has 158 valence electrons. The van der Waals surface area contributed by atoms with E-state index >= 15 is 0 Å². The van der Waals surface area contributed by atoms with Crippen LogP contribution >= 0.6 is 0 Å². The summed E-state index contributed by atoms with van der Waals surface area (Å²) in [6, 6.07) is 35.3. The Morgan fingerprint density at radius 1 is 0.656 bits per heavy atom. The van der Waals surface area contributed by atoms with Crippen LogP contribution in [0.1, 0.15) is 19.4 Å². The highest BCUT2D eigenvalue weighted by molar-refractivity contribution is 5.96. The van der Waals surface area contributed by atoms with E-state index in [1.807, 2.05) is 44.2 Å². The molecule has 3 nitrogen and oxygen atoms in total. The summed E-state index contributed by atoms with van der Waals surface area (Å²) >= 11 is 0. The number of aromatic nitrogens is 1. The molecule has 32 heavy (non-hydrogen) atoms. The Morgan fingerprint density at radius 2 is 1.28 bits per heavy atom. The highest BCUT2D eigenvalue weighted by Gasteiger charge is 2.20. The van der Waals surface area contributed by atoms with Gasteiger partial charge in [0.1, 0.15) is 0 Å². The summed E-state index contributed by atoms with van der Waals surface area (Å²) in [5.41, 5.74) is 6.48. The Kier molecular flexibility index (Phi) is 5.04. The number of rotatable bonds is 5. The summed E-state index contributed by atoms with van der Waals surface area (Å²) in [4.78, 5) is 0. The molecule has 4 aromatic carbocycles. The van der Waals surface area contributed by atoms with Crippen LogP contribution in [0.5, 0.6) is 0 Å². The molecule has 0 radical (unpaired) electrons. The minimum Gasteiger partial charge on any atom is -0.386 e. The second-order valence-electron chi connectivity index (χ2n) is 8.57.